The molecular weight excluding hydrogens is 308 g/mol. The lowest BCUT2D eigenvalue weighted by Gasteiger charge is -2.09. The Morgan fingerprint density at radius 3 is 2.48 bits per heavy atom. The second-order valence-corrected chi connectivity index (χ2v) is 5.89. The molecule has 3 aromatic rings. The Morgan fingerprint density at radius 1 is 0.957 bits per heavy atom. The van der Waals surface area contributed by atoms with Gasteiger partial charge in [-0.3, -0.25) is 0 Å². The van der Waals surface area contributed by atoms with Gasteiger partial charge in [0, 0.05) is 22.3 Å². The zero-order chi connectivity index (χ0) is 16.2. The number of hydrogen-bond acceptors (Lipinski definition) is 3. The number of aromatic nitrogens is 2. The average Bonchev–Trinajstić information content (AvgIpc) is 2.54. The number of hydrogen-bond donors (Lipinski definition) is 0. The highest BCUT2D eigenvalue weighted by Gasteiger charge is 2.07. The fourth-order valence-corrected chi connectivity index (χ4v) is 2.40. The molecule has 0 spiro atoms. The second-order valence-electron chi connectivity index (χ2n) is 5.46. The molecule has 0 N–H and O–H groups in total. The number of halogens is 1. The van der Waals surface area contributed by atoms with E-state index >= 15 is 0 Å². The lowest BCUT2D eigenvalue weighted by molar-refractivity contribution is 0.293. The third kappa shape index (κ3) is 4.08. The molecular formula is C19H17ClN2O. The van der Waals surface area contributed by atoms with Gasteiger partial charge < -0.3 is 4.74 Å². The molecule has 0 aliphatic rings. The van der Waals surface area contributed by atoms with Crippen molar-refractivity contribution >= 4 is 11.6 Å². The minimum absolute atomic E-state index is 0.478. The summed E-state index contributed by atoms with van der Waals surface area (Å²) < 4.78 is 5.82. The molecule has 116 valence electrons. The normalized spacial score (nSPS) is 10.6. The zero-order valence-corrected chi connectivity index (χ0v) is 13.8. The van der Waals surface area contributed by atoms with Crippen molar-refractivity contribution in [3.63, 3.8) is 0 Å². The van der Waals surface area contributed by atoms with Crippen molar-refractivity contribution in [1.82, 2.24) is 9.97 Å². The molecule has 23 heavy (non-hydrogen) atoms. The van der Waals surface area contributed by atoms with Crippen LogP contribution in [0.25, 0.3) is 11.4 Å². The van der Waals surface area contributed by atoms with Gasteiger partial charge in [0.15, 0.2) is 5.82 Å². The summed E-state index contributed by atoms with van der Waals surface area (Å²) in [5.74, 6) is 1.18. The van der Waals surface area contributed by atoms with Crippen LogP contribution in [0.5, 0.6) is 5.88 Å². The van der Waals surface area contributed by atoms with Crippen LogP contribution < -0.4 is 4.74 Å². The van der Waals surface area contributed by atoms with E-state index in [9.17, 15) is 0 Å². The van der Waals surface area contributed by atoms with Gasteiger partial charge in [0.25, 0.3) is 0 Å². The van der Waals surface area contributed by atoms with Crippen LogP contribution in [-0.2, 0) is 6.61 Å². The molecule has 0 fully saturated rings. The molecule has 0 saturated heterocycles. The number of nitrogens with zero attached hydrogens (tertiary/aromatic N) is 2. The summed E-state index contributed by atoms with van der Waals surface area (Å²) in [6.07, 6.45) is 0. The van der Waals surface area contributed by atoms with Gasteiger partial charge >= 0.3 is 0 Å². The zero-order valence-electron chi connectivity index (χ0n) is 13.1. The molecule has 0 amide bonds. The molecule has 0 radical (unpaired) electrons. The predicted molar refractivity (Wildman–Crippen MR) is 92.7 cm³/mol. The summed E-state index contributed by atoms with van der Waals surface area (Å²) >= 11 is 6.04. The standard InChI is InChI=1S/C19H17ClN2O/c1-13-6-8-15(9-7-13)12-23-18-10-14(2)21-19(22-18)16-4-3-5-17(20)11-16/h3-11H,12H2,1-2H3. The van der Waals surface area contributed by atoms with Crippen LogP contribution in [0.4, 0.5) is 0 Å². The fraction of sp³-hybridized carbons (Fsp3) is 0.158. The van der Waals surface area contributed by atoms with Crippen molar-refractivity contribution in [3.8, 4) is 17.3 Å². The summed E-state index contributed by atoms with van der Waals surface area (Å²) in [5, 5.41) is 0.662. The SMILES string of the molecule is Cc1ccc(COc2cc(C)nc(-c3cccc(Cl)c3)n2)cc1. The summed E-state index contributed by atoms with van der Waals surface area (Å²) in [7, 11) is 0. The van der Waals surface area contributed by atoms with Crippen molar-refractivity contribution in [3.05, 3.63) is 76.4 Å². The van der Waals surface area contributed by atoms with Crippen LogP contribution in [0.2, 0.25) is 5.02 Å². The van der Waals surface area contributed by atoms with Gasteiger partial charge in [-0.05, 0) is 31.5 Å². The van der Waals surface area contributed by atoms with Gasteiger partial charge in [-0.25, -0.2) is 4.98 Å². The van der Waals surface area contributed by atoms with E-state index in [4.69, 9.17) is 16.3 Å². The lowest BCUT2D eigenvalue weighted by Crippen LogP contribution is -2.00. The maximum atomic E-state index is 6.04. The molecule has 0 aliphatic carbocycles. The number of ether oxygens (including phenoxy) is 1. The number of rotatable bonds is 4. The Kier molecular flexibility index (Phi) is 4.58. The largest absolute Gasteiger partial charge is 0.473 e. The quantitative estimate of drug-likeness (QED) is 0.678. The first kappa shape index (κ1) is 15.5. The smallest absolute Gasteiger partial charge is 0.217 e. The molecule has 0 bridgehead atoms. The molecule has 0 aliphatic heterocycles. The molecule has 0 saturated carbocycles. The second kappa shape index (κ2) is 6.80. The molecule has 3 rings (SSSR count). The van der Waals surface area contributed by atoms with Gasteiger partial charge in [-0.1, -0.05) is 53.6 Å². The Bertz CT molecular complexity index is 816. The average molecular weight is 325 g/mol. The van der Waals surface area contributed by atoms with Crippen molar-refractivity contribution in [2.45, 2.75) is 20.5 Å². The van der Waals surface area contributed by atoms with E-state index in [1.54, 1.807) is 0 Å². The predicted octanol–water partition coefficient (Wildman–Crippen LogP) is 4.99. The molecule has 4 heteroatoms. The van der Waals surface area contributed by atoms with E-state index < -0.39 is 0 Å². The lowest BCUT2D eigenvalue weighted by atomic mass is 10.2. The van der Waals surface area contributed by atoms with E-state index in [2.05, 4.69) is 41.2 Å². The van der Waals surface area contributed by atoms with Crippen molar-refractivity contribution in [1.29, 1.82) is 0 Å². The van der Waals surface area contributed by atoms with E-state index in [0.29, 0.717) is 23.3 Å². The summed E-state index contributed by atoms with van der Waals surface area (Å²) in [6.45, 7) is 4.47. The van der Waals surface area contributed by atoms with E-state index in [-0.39, 0.29) is 0 Å². The first-order valence-corrected chi connectivity index (χ1v) is 7.78. The Hall–Kier alpha value is -2.39. The van der Waals surface area contributed by atoms with Gasteiger partial charge in [0.2, 0.25) is 5.88 Å². The molecule has 0 unspecified atom stereocenters. The van der Waals surface area contributed by atoms with Crippen molar-refractivity contribution in [2.24, 2.45) is 0 Å². The number of benzene rings is 2. The van der Waals surface area contributed by atoms with Gasteiger partial charge in [-0.2, -0.15) is 4.98 Å². The van der Waals surface area contributed by atoms with Crippen molar-refractivity contribution in [2.75, 3.05) is 0 Å². The van der Waals surface area contributed by atoms with Crippen LogP contribution in [0, 0.1) is 13.8 Å². The number of aryl methyl sites for hydroxylation is 2. The monoisotopic (exact) mass is 324 g/mol. The van der Waals surface area contributed by atoms with Crippen molar-refractivity contribution < 1.29 is 4.74 Å². The van der Waals surface area contributed by atoms with Crippen LogP contribution in [-0.4, -0.2) is 9.97 Å². The van der Waals surface area contributed by atoms with E-state index in [0.717, 1.165) is 16.8 Å². The highest BCUT2D eigenvalue weighted by Crippen LogP contribution is 2.22. The Labute approximate surface area is 140 Å². The van der Waals surface area contributed by atoms with Gasteiger partial charge in [0.05, 0.1) is 0 Å². The van der Waals surface area contributed by atoms with Crippen LogP contribution in [0.3, 0.4) is 0 Å². The Balaban J connectivity index is 1.81. The summed E-state index contributed by atoms with van der Waals surface area (Å²) in [6, 6.07) is 17.6. The van der Waals surface area contributed by atoms with E-state index in [1.165, 1.54) is 5.56 Å². The molecule has 1 aromatic heterocycles. The minimum Gasteiger partial charge on any atom is -0.473 e. The molecule has 3 nitrogen and oxygen atoms in total. The van der Waals surface area contributed by atoms with Gasteiger partial charge in [0.1, 0.15) is 6.61 Å². The first-order chi connectivity index (χ1) is 11.1. The maximum Gasteiger partial charge on any atom is 0.217 e. The molecule has 0 atom stereocenters. The minimum atomic E-state index is 0.478. The topological polar surface area (TPSA) is 35.0 Å². The highest BCUT2D eigenvalue weighted by molar-refractivity contribution is 6.30. The van der Waals surface area contributed by atoms with Crippen LogP contribution >= 0.6 is 11.6 Å². The third-order valence-electron chi connectivity index (χ3n) is 3.42. The fourth-order valence-electron chi connectivity index (χ4n) is 2.21. The summed E-state index contributed by atoms with van der Waals surface area (Å²) in [4.78, 5) is 8.95. The maximum absolute atomic E-state index is 6.04. The summed E-state index contributed by atoms with van der Waals surface area (Å²) in [5.41, 5.74) is 4.07. The third-order valence-corrected chi connectivity index (χ3v) is 3.66. The molecule has 2 aromatic carbocycles. The first-order valence-electron chi connectivity index (χ1n) is 7.40. The van der Waals surface area contributed by atoms with Crippen LogP contribution in [0.15, 0.2) is 54.6 Å². The van der Waals surface area contributed by atoms with Crippen LogP contribution in [0.1, 0.15) is 16.8 Å². The van der Waals surface area contributed by atoms with Gasteiger partial charge in [-0.15, -0.1) is 0 Å². The molecule has 1 heterocycles. The Morgan fingerprint density at radius 2 is 1.74 bits per heavy atom. The van der Waals surface area contributed by atoms with E-state index in [1.807, 2.05) is 37.3 Å². The highest BCUT2D eigenvalue weighted by atomic mass is 35.5.